The first-order valence-corrected chi connectivity index (χ1v) is 11.3. The van der Waals surface area contributed by atoms with Crippen molar-refractivity contribution in [2.45, 2.75) is 25.8 Å². The lowest BCUT2D eigenvalue weighted by Gasteiger charge is -2.16. The molecule has 0 saturated carbocycles. The molecule has 0 aliphatic rings. The summed E-state index contributed by atoms with van der Waals surface area (Å²) >= 11 is 1.09. The van der Waals surface area contributed by atoms with Gasteiger partial charge in [-0.25, -0.2) is 4.98 Å². The molecule has 5 nitrogen and oxygen atoms in total. The highest BCUT2D eigenvalue weighted by Gasteiger charge is 2.33. The van der Waals surface area contributed by atoms with Crippen LogP contribution in [0.25, 0.3) is 11.4 Å². The Balaban J connectivity index is 1.71. The zero-order chi connectivity index (χ0) is 26.3. The average molecular weight is 524 g/mol. The predicted molar refractivity (Wildman–Crippen MR) is 124 cm³/mol. The summed E-state index contributed by atoms with van der Waals surface area (Å²) in [6.45, 7) is 1.35. The van der Waals surface area contributed by atoms with Gasteiger partial charge in [-0.15, -0.1) is 11.3 Å². The molecule has 3 N–H and O–H groups in total. The van der Waals surface area contributed by atoms with Gasteiger partial charge in [-0.2, -0.15) is 26.3 Å². The molecule has 0 aliphatic carbocycles. The minimum absolute atomic E-state index is 0.0153. The van der Waals surface area contributed by atoms with Crippen LogP contribution in [0.15, 0.2) is 60.0 Å². The second-order valence-electron chi connectivity index (χ2n) is 7.88. The number of amides is 1. The van der Waals surface area contributed by atoms with E-state index in [-0.39, 0.29) is 28.5 Å². The van der Waals surface area contributed by atoms with Crippen LogP contribution in [0.2, 0.25) is 0 Å². The number of alkyl halides is 6. The van der Waals surface area contributed by atoms with Gasteiger partial charge in [0.25, 0.3) is 5.91 Å². The third kappa shape index (κ3) is 5.23. The number of carbonyl (C=O) groups excluding carboxylic acids is 1. The predicted octanol–water partition coefficient (Wildman–Crippen LogP) is 6.85. The number of primary amides is 1. The van der Waals surface area contributed by atoms with Gasteiger partial charge in [0.1, 0.15) is 0 Å². The van der Waals surface area contributed by atoms with E-state index in [1.54, 1.807) is 12.3 Å². The van der Waals surface area contributed by atoms with E-state index < -0.39 is 29.4 Å². The lowest BCUT2D eigenvalue weighted by atomic mass is 10.1. The Kier molecular flexibility index (Phi) is 6.56. The van der Waals surface area contributed by atoms with Crippen molar-refractivity contribution in [1.29, 1.82) is 0 Å². The Bertz CT molecular complexity index is 1420. The SMILES string of the molecule is Cc1c(C(N)=O)cc(-c2csc(Nc3cccc(C(F)(F)F)c3)n2)n1Cc1ccccc1C(F)(F)F. The quantitative estimate of drug-likeness (QED) is 0.271. The molecule has 0 unspecified atom stereocenters. The van der Waals surface area contributed by atoms with Crippen LogP contribution in [-0.2, 0) is 18.9 Å². The van der Waals surface area contributed by atoms with Crippen LogP contribution in [0.3, 0.4) is 0 Å². The highest BCUT2D eigenvalue weighted by molar-refractivity contribution is 7.14. The maximum atomic E-state index is 13.5. The van der Waals surface area contributed by atoms with Crippen molar-refractivity contribution in [3.05, 3.63) is 87.9 Å². The van der Waals surface area contributed by atoms with Gasteiger partial charge in [0.05, 0.1) is 28.1 Å². The summed E-state index contributed by atoms with van der Waals surface area (Å²) in [6.07, 6.45) is -9.09. The Morgan fingerprint density at radius 1 is 1.03 bits per heavy atom. The maximum Gasteiger partial charge on any atom is 0.416 e. The Morgan fingerprint density at radius 2 is 1.75 bits per heavy atom. The summed E-state index contributed by atoms with van der Waals surface area (Å²) in [5.41, 5.74) is 5.11. The monoisotopic (exact) mass is 524 g/mol. The van der Waals surface area contributed by atoms with Gasteiger partial charge < -0.3 is 15.6 Å². The number of hydrogen-bond donors (Lipinski definition) is 2. The molecule has 4 rings (SSSR count). The van der Waals surface area contributed by atoms with Crippen molar-refractivity contribution < 1.29 is 31.1 Å². The second kappa shape index (κ2) is 9.34. The number of carbonyl (C=O) groups is 1. The molecule has 188 valence electrons. The molecule has 0 spiro atoms. The molecule has 0 fully saturated rings. The van der Waals surface area contributed by atoms with Crippen LogP contribution in [0.1, 0.15) is 32.7 Å². The van der Waals surface area contributed by atoms with E-state index in [1.807, 2.05) is 0 Å². The molecule has 2 heterocycles. The van der Waals surface area contributed by atoms with Crippen LogP contribution in [-0.4, -0.2) is 15.5 Å². The van der Waals surface area contributed by atoms with Gasteiger partial charge in [-0.1, -0.05) is 24.3 Å². The minimum Gasteiger partial charge on any atom is -0.366 e. The van der Waals surface area contributed by atoms with E-state index in [2.05, 4.69) is 10.3 Å². The first-order chi connectivity index (χ1) is 16.8. The smallest absolute Gasteiger partial charge is 0.366 e. The van der Waals surface area contributed by atoms with Crippen molar-refractivity contribution in [2.75, 3.05) is 5.32 Å². The molecule has 0 atom stereocenters. The fraction of sp³-hybridized carbons (Fsp3) is 0.167. The second-order valence-corrected chi connectivity index (χ2v) is 8.73. The van der Waals surface area contributed by atoms with E-state index in [0.29, 0.717) is 17.1 Å². The first-order valence-electron chi connectivity index (χ1n) is 10.4. The van der Waals surface area contributed by atoms with Crippen molar-refractivity contribution in [1.82, 2.24) is 9.55 Å². The van der Waals surface area contributed by atoms with Crippen molar-refractivity contribution in [3.8, 4) is 11.4 Å². The molecular formula is C24H18F6N4OS. The van der Waals surface area contributed by atoms with Gasteiger partial charge in [0.2, 0.25) is 0 Å². The molecule has 0 bridgehead atoms. The third-order valence-electron chi connectivity index (χ3n) is 5.49. The largest absolute Gasteiger partial charge is 0.416 e. The van der Waals surface area contributed by atoms with Crippen LogP contribution in [0.5, 0.6) is 0 Å². The molecule has 2 aromatic carbocycles. The fourth-order valence-corrected chi connectivity index (χ4v) is 4.49. The van der Waals surface area contributed by atoms with Crippen LogP contribution < -0.4 is 11.1 Å². The Labute approximate surface area is 205 Å². The zero-order valence-electron chi connectivity index (χ0n) is 18.5. The molecule has 0 aliphatic heterocycles. The number of nitrogens with zero attached hydrogens (tertiary/aromatic N) is 2. The summed E-state index contributed by atoms with van der Waals surface area (Å²) in [5.74, 6) is -0.755. The standard InChI is InChI=1S/C24H18F6N4OS/c1-13-17(21(31)35)10-20(34(13)11-14-5-2-3-8-18(14)24(28,29)30)19-12-36-22(33-19)32-16-7-4-6-15(9-16)23(25,26)27/h2-10,12H,11H2,1H3,(H2,31,35)(H,32,33). The Hall–Kier alpha value is -3.80. The highest BCUT2D eigenvalue weighted by atomic mass is 32.1. The maximum absolute atomic E-state index is 13.5. The summed E-state index contributed by atoms with van der Waals surface area (Å²) in [7, 11) is 0. The number of hydrogen-bond acceptors (Lipinski definition) is 4. The molecule has 4 aromatic rings. The van der Waals surface area contributed by atoms with E-state index in [0.717, 1.165) is 29.5 Å². The van der Waals surface area contributed by atoms with Crippen LogP contribution in [0, 0.1) is 6.92 Å². The number of anilines is 2. The summed E-state index contributed by atoms with van der Waals surface area (Å²) in [6, 6.07) is 11.1. The van der Waals surface area contributed by atoms with Gasteiger partial charge in [0, 0.05) is 23.3 Å². The highest BCUT2D eigenvalue weighted by Crippen LogP contribution is 2.36. The van der Waals surface area contributed by atoms with Gasteiger partial charge in [-0.05, 0) is 42.8 Å². The van der Waals surface area contributed by atoms with Crippen LogP contribution >= 0.6 is 11.3 Å². The van der Waals surface area contributed by atoms with Gasteiger partial charge in [0.15, 0.2) is 5.13 Å². The molecule has 12 heteroatoms. The third-order valence-corrected chi connectivity index (χ3v) is 6.25. The lowest BCUT2D eigenvalue weighted by Crippen LogP contribution is -2.15. The number of nitrogens with two attached hydrogens (primary N) is 1. The van der Waals surface area contributed by atoms with E-state index in [9.17, 15) is 31.1 Å². The number of aromatic nitrogens is 2. The summed E-state index contributed by atoms with van der Waals surface area (Å²) < 4.78 is 81.2. The van der Waals surface area contributed by atoms with E-state index in [4.69, 9.17) is 5.73 Å². The molecule has 0 saturated heterocycles. The lowest BCUT2D eigenvalue weighted by molar-refractivity contribution is -0.138. The molecule has 36 heavy (non-hydrogen) atoms. The zero-order valence-corrected chi connectivity index (χ0v) is 19.4. The number of thiazole rings is 1. The molecule has 1 amide bonds. The van der Waals surface area contributed by atoms with E-state index >= 15 is 0 Å². The molecule has 0 radical (unpaired) electrons. The van der Waals surface area contributed by atoms with Crippen LogP contribution in [0.4, 0.5) is 37.2 Å². The molecular weight excluding hydrogens is 506 g/mol. The van der Waals surface area contributed by atoms with Crippen molar-refractivity contribution in [3.63, 3.8) is 0 Å². The van der Waals surface area contributed by atoms with Gasteiger partial charge >= 0.3 is 12.4 Å². The number of benzene rings is 2. The Morgan fingerprint density at radius 3 is 2.42 bits per heavy atom. The first kappa shape index (κ1) is 25.3. The topological polar surface area (TPSA) is 72.9 Å². The normalized spacial score (nSPS) is 12.1. The number of nitrogens with one attached hydrogen (secondary N) is 1. The van der Waals surface area contributed by atoms with Gasteiger partial charge in [-0.3, -0.25) is 4.79 Å². The summed E-state index contributed by atoms with van der Waals surface area (Å²) in [4.78, 5) is 16.3. The fourth-order valence-electron chi connectivity index (χ4n) is 3.76. The number of halogens is 6. The van der Waals surface area contributed by atoms with Crippen molar-refractivity contribution in [2.24, 2.45) is 5.73 Å². The van der Waals surface area contributed by atoms with Crippen molar-refractivity contribution >= 4 is 28.1 Å². The number of rotatable bonds is 6. The molecule has 2 aromatic heterocycles. The average Bonchev–Trinajstić information content (AvgIpc) is 3.38. The minimum atomic E-state index is -4.58. The van der Waals surface area contributed by atoms with E-state index in [1.165, 1.54) is 41.0 Å². The summed E-state index contributed by atoms with van der Waals surface area (Å²) in [5, 5.41) is 4.65.